The van der Waals surface area contributed by atoms with Crippen LogP contribution >= 0.6 is 15.9 Å². The quantitative estimate of drug-likeness (QED) is 0.874. The largest absolute Gasteiger partial charge is 0.395 e. The molecule has 3 heteroatoms. The molecular formula is C13H19BrO2. The van der Waals surface area contributed by atoms with Crippen LogP contribution in [0.15, 0.2) is 28.7 Å². The second kappa shape index (κ2) is 5.80. The van der Waals surface area contributed by atoms with Crippen LogP contribution in [-0.4, -0.2) is 23.4 Å². The Morgan fingerprint density at radius 3 is 2.19 bits per heavy atom. The van der Waals surface area contributed by atoms with Crippen LogP contribution in [0.2, 0.25) is 0 Å². The molecule has 0 unspecified atom stereocenters. The summed E-state index contributed by atoms with van der Waals surface area (Å²) < 4.78 is 0.943. The van der Waals surface area contributed by atoms with Crippen LogP contribution in [0.25, 0.3) is 0 Å². The standard InChI is InChI=1S/C13H19BrO2/c1-10(2)7-13(8-15,9-16)11-5-3-4-6-12(11)14/h3-6,10,15-16H,7-9H2,1-2H3. The second-order valence-electron chi connectivity index (χ2n) is 4.67. The van der Waals surface area contributed by atoms with Crippen LogP contribution < -0.4 is 0 Å². The Morgan fingerprint density at radius 1 is 1.19 bits per heavy atom. The number of aliphatic hydroxyl groups excluding tert-OH is 2. The highest BCUT2D eigenvalue weighted by atomic mass is 79.9. The van der Waals surface area contributed by atoms with E-state index in [-0.39, 0.29) is 13.2 Å². The maximum absolute atomic E-state index is 9.62. The van der Waals surface area contributed by atoms with Gasteiger partial charge in [0.05, 0.1) is 13.2 Å². The van der Waals surface area contributed by atoms with E-state index >= 15 is 0 Å². The third kappa shape index (κ3) is 2.84. The van der Waals surface area contributed by atoms with Gasteiger partial charge in [0, 0.05) is 9.89 Å². The molecule has 0 aliphatic rings. The molecule has 0 aliphatic carbocycles. The Kier molecular flexibility index (Phi) is 4.96. The van der Waals surface area contributed by atoms with Crippen molar-refractivity contribution in [1.29, 1.82) is 0 Å². The van der Waals surface area contributed by atoms with Crippen molar-refractivity contribution in [2.45, 2.75) is 25.7 Å². The maximum atomic E-state index is 9.62. The highest BCUT2D eigenvalue weighted by Gasteiger charge is 2.33. The van der Waals surface area contributed by atoms with Gasteiger partial charge < -0.3 is 10.2 Å². The van der Waals surface area contributed by atoms with Crippen molar-refractivity contribution in [3.05, 3.63) is 34.3 Å². The number of aliphatic hydroxyl groups is 2. The van der Waals surface area contributed by atoms with Gasteiger partial charge in [-0.25, -0.2) is 0 Å². The molecular weight excluding hydrogens is 268 g/mol. The lowest BCUT2D eigenvalue weighted by Gasteiger charge is -2.33. The van der Waals surface area contributed by atoms with E-state index in [0.29, 0.717) is 5.92 Å². The molecule has 0 saturated carbocycles. The van der Waals surface area contributed by atoms with Crippen molar-refractivity contribution in [2.75, 3.05) is 13.2 Å². The molecule has 0 aliphatic heterocycles. The summed E-state index contributed by atoms with van der Waals surface area (Å²) >= 11 is 3.48. The molecule has 0 atom stereocenters. The summed E-state index contributed by atoms with van der Waals surface area (Å²) in [6, 6.07) is 7.76. The topological polar surface area (TPSA) is 40.5 Å². The lowest BCUT2D eigenvalue weighted by Crippen LogP contribution is -2.36. The van der Waals surface area contributed by atoms with Crippen LogP contribution in [0.1, 0.15) is 25.8 Å². The first-order valence-electron chi connectivity index (χ1n) is 5.52. The first-order chi connectivity index (χ1) is 7.55. The van der Waals surface area contributed by atoms with Crippen molar-refractivity contribution < 1.29 is 10.2 Å². The summed E-state index contributed by atoms with van der Waals surface area (Å²) in [5, 5.41) is 19.2. The van der Waals surface area contributed by atoms with E-state index in [1.165, 1.54) is 0 Å². The zero-order valence-corrected chi connectivity index (χ0v) is 11.4. The molecule has 0 fully saturated rings. The summed E-state index contributed by atoms with van der Waals surface area (Å²) in [6.07, 6.45) is 0.766. The highest BCUT2D eigenvalue weighted by Crippen LogP contribution is 2.35. The van der Waals surface area contributed by atoms with Crippen LogP contribution in [0, 0.1) is 5.92 Å². The monoisotopic (exact) mass is 286 g/mol. The highest BCUT2D eigenvalue weighted by molar-refractivity contribution is 9.10. The molecule has 1 rings (SSSR count). The van der Waals surface area contributed by atoms with Crippen molar-refractivity contribution in [3.63, 3.8) is 0 Å². The minimum absolute atomic E-state index is 0.0374. The molecule has 90 valence electrons. The molecule has 1 aromatic rings. The number of halogens is 1. The molecule has 0 heterocycles. The zero-order valence-electron chi connectivity index (χ0n) is 9.78. The summed E-state index contributed by atoms with van der Waals surface area (Å²) in [7, 11) is 0. The van der Waals surface area contributed by atoms with Gasteiger partial charge in [0.25, 0.3) is 0 Å². The molecule has 16 heavy (non-hydrogen) atoms. The Labute approximate surface area is 105 Å². The second-order valence-corrected chi connectivity index (χ2v) is 5.53. The minimum atomic E-state index is -0.547. The lowest BCUT2D eigenvalue weighted by atomic mass is 9.75. The molecule has 0 saturated heterocycles. The SMILES string of the molecule is CC(C)CC(CO)(CO)c1ccccc1Br. The van der Waals surface area contributed by atoms with Gasteiger partial charge in [-0.1, -0.05) is 48.0 Å². The van der Waals surface area contributed by atoms with Crippen LogP contribution in [0.3, 0.4) is 0 Å². The molecule has 2 N–H and O–H groups in total. The van der Waals surface area contributed by atoms with Crippen molar-refractivity contribution in [2.24, 2.45) is 5.92 Å². The summed E-state index contributed by atoms with van der Waals surface area (Å²) in [6.45, 7) is 4.11. The van der Waals surface area contributed by atoms with Crippen molar-refractivity contribution >= 4 is 15.9 Å². The van der Waals surface area contributed by atoms with Crippen LogP contribution in [0.5, 0.6) is 0 Å². The van der Waals surface area contributed by atoms with Gasteiger partial charge in [0.1, 0.15) is 0 Å². The van der Waals surface area contributed by atoms with Crippen LogP contribution in [0.4, 0.5) is 0 Å². The minimum Gasteiger partial charge on any atom is -0.395 e. The zero-order chi connectivity index (χ0) is 12.2. The maximum Gasteiger partial charge on any atom is 0.0550 e. The van der Waals surface area contributed by atoms with Crippen LogP contribution in [-0.2, 0) is 5.41 Å². The van der Waals surface area contributed by atoms with E-state index in [4.69, 9.17) is 0 Å². The van der Waals surface area contributed by atoms with Gasteiger partial charge >= 0.3 is 0 Å². The van der Waals surface area contributed by atoms with Gasteiger partial charge in [0.2, 0.25) is 0 Å². The van der Waals surface area contributed by atoms with E-state index in [1.807, 2.05) is 24.3 Å². The predicted octanol–water partition coefficient (Wildman–Crippen LogP) is 2.72. The Morgan fingerprint density at radius 2 is 1.75 bits per heavy atom. The molecule has 1 aromatic carbocycles. The number of hydrogen-bond acceptors (Lipinski definition) is 2. The molecule has 2 nitrogen and oxygen atoms in total. The Balaban J connectivity index is 3.15. The Hall–Kier alpha value is -0.380. The summed E-state index contributed by atoms with van der Waals surface area (Å²) in [5.74, 6) is 0.423. The average Bonchev–Trinajstić information content (AvgIpc) is 2.26. The molecule has 0 aromatic heterocycles. The first kappa shape index (κ1) is 13.7. The van der Waals surface area contributed by atoms with Gasteiger partial charge in [-0.05, 0) is 24.0 Å². The third-order valence-electron chi connectivity index (χ3n) is 2.85. The molecule has 0 radical (unpaired) electrons. The molecule has 0 amide bonds. The lowest BCUT2D eigenvalue weighted by molar-refractivity contribution is 0.0985. The summed E-state index contributed by atoms with van der Waals surface area (Å²) in [4.78, 5) is 0. The van der Waals surface area contributed by atoms with Gasteiger partial charge in [-0.15, -0.1) is 0 Å². The molecule has 0 spiro atoms. The van der Waals surface area contributed by atoms with E-state index in [0.717, 1.165) is 16.5 Å². The smallest absolute Gasteiger partial charge is 0.0550 e. The summed E-state index contributed by atoms with van der Waals surface area (Å²) in [5.41, 5.74) is 0.433. The number of hydrogen-bond donors (Lipinski definition) is 2. The predicted molar refractivity (Wildman–Crippen MR) is 69.4 cm³/mol. The van der Waals surface area contributed by atoms with Crippen molar-refractivity contribution in [3.8, 4) is 0 Å². The normalized spacial score (nSPS) is 12.1. The Bertz CT molecular complexity index is 332. The van der Waals surface area contributed by atoms with Gasteiger partial charge in [0.15, 0.2) is 0 Å². The molecule has 0 bridgehead atoms. The van der Waals surface area contributed by atoms with Gasteiger partial charge in [-0.3, -0.25) is 0 Å². The van der Waals surface area contributed by atoms with E-state index < -0.39 is 5.41 Å². The van der Waals surface area contributed by atoms with Gasteiger partial charge in [-0.2, -0.15) is 0 Å². The van der Waals surface area contributed by atoms with Crippen molar-refractivity contribution in [1.82, 2.24) is 0 Å². The first-order valence-corrected chi connectivity index (χ1v) is 6.32. The fourth-order valence-corrected chi connectivity index (χ4v) is 2.84. The van der Waals surface area contributed by atoms with E-state index in [9.17, 15) is 10.2 Å². The van der Waals surface area contributed by atoms with E-state index in [1.54, 1.807) is 0 Å². The third-order valence-corrected chi connectivity index (χ3v) is 3.54. The fraction of sp³-hybridized carbons (Fsp3) is 0.538. The number of rotatable bonds is 5. The average molecular weight is 287 g/mol. The van der Waals surface area contributed by atoms with E-state index in [2.05, 4.69) is 29.8 Å². The fourth-order valence-electron chi connectivity index (χ4n) is 2.13. The number of benzene rings is 1.